The average molecular weight is 521 g/mol. The average Bonchev–Trinajstić information content (AvgIpc) is 3.69. The summed E-state index contributed by atoms with van der Waals surface area (Å²) in [5.74, 6) is 0.769. The second-order valence-electron chi connectivity index (χ2n) is 9.91. The summed E-state index contributed by atoms with van der Waals surface area (Å²) in [6.45, 7) is 4.59. The molecule has 3 heterocycles. The Bertz CT molecular complexity index is 1430. The maximum absolute atomic E-state index is 12.1. The van der Waals surface area contributed by atoms with Crippen LogP contribution in [0.3, 0.4) is 0 Å². The molecule has 1 fully saturated rings. The number of benzene rings is 2. The summed E-state index contributed by atoms with van der Waals surface area (Å²) in [7, 11) is 0. The highest BCUT2D eigenvalue weighted by molar-refractivity contribution is 6.00. The lowest BCUT2D eigenvalue weighted by Crippen LogP contribution is -2.25. The number of unbranched alkanes of at least 4 members (excludes halogenated alkanes) is 2. The Labute approximate surface area is 230 Å². The first-order chi connectivity index (χ1) is 19.2. The highest BCUT2D eigenvalue weighted by Gasteiger charge is 2.16. The number of aromatic nitrogens is 3. The van der Waals surface area contributed by atoms with Gasteiger partial charge in [0.1, 0.15) is 0 Å². The lowest BCUT2D eigenvalue weighted by molar-refractivity contribution is -0.125. The molecular formula is C33H36N4O2. The van der Waals surface area contributed by atoms with E-state index in [1.165, 1.54) is 16.7 Å². The number of ether oxygens (including phenoxy) is 1. The van der Waals surface area contributed by atoms with E-state index in [-0.39, 0.29) is 5.91 Å². The fourth-order valence-electron chi connectivity index (χ4n) is 5.16. The second kappa shape index (κ2) is 13.1. The van der Waals surface area contributed by atoms with E-state index in [0.29, 0.717) is 12.5 Å². The van der Waals surface area contributed by atoms with Crippen molar-refractivity contribution in [2.24, 2.45) is 0 Å². The molecule has 2 aromatic carbocycles. The summed E-state index contributed by atoms with van der Waals surface area (Å²) >= 11 is 0. The van der Waals surface area contributed by atoms with Gasteiger partial charge in [0.25, 0.3) is 0 Å². The van der Waals surface area contributed by atoms with Crippen LogP contribution in [0.15, 0.2) is 85.2 Å². The van der Waals surface area contributed by atoms with Gasteiger partial charge in [-0.25, -0.2) is 4.98 Å². The Morgan fingerprint density at radius 2 is 1.79 bits per heavy atom. The number of H-pyrrole nitrogens is 1. The van der Waals surface area contributed by atoms with Crippen LogP contribution in [0, 0.1) is 0 Å². The molecule has 5 rings (SSSR count). The van der Waals surface area contributed by atoms with Crippen LogP contribution in [0.4, 0.5) is 0 Å². The van der Waals surface area contributed by atoms with Gasteiger partial charge >= 0.3 is 0 Å². The fourth-order valence-corrected chi connectivity index (χ4v) is 5.16. The molecule has 39 heavy (non-hydrogen) atoms. The van der Waals surface area contributed by atoms with Gasteiger partial charge in [0.2, 0.25) is 11.8 Å². The summed E-state index contributed by atoms with van der Waals surface area (Å²) in [5, 5.41) is 8.32. The molecule has 1 amide bonds. The normalized spacial score (nSPS) is 14.2. The Balaban J connectivity index is 1.25. The largest absolute Gasteiger partial charge is 0.478 e. The third-order valence-electron chi connectivity index (χ3n) is 7.22. The number of pyridine rings is 1. The van der Waals surface area contributed by atoms with Gasteiger partial charge in [-0.15, -0.1) is 0 Å². The summed E-state index contributed by atoms with van der Waals surface area (Å²) < 4.78 is 5.94. The fraction of sp³-hybridized carbons (Fsp3) is 0.303. The molecule has 0 bridgehead atoms. The number of amides is 1. The Hall–Kier alpha value is -4.19. The highest BCUT2D eigenvalue weighted by Crippen LogP contribution is 2.35. The maximum atomic E-state index is 12.1. The third-order valence-corrected chi connectivity index (χ3v) is 7.22. The zero-order valence-corrected chi connectivity index (χ0v) is 22.6. The van der Waals surface area contributed by atoms with E-state index in [1.807, 2.05) is 35.5 Å². The molecule has 0 spiro atoms. The van der Waals surface area contributed by atoms with Gasteiger partial charge < -0.3 is 9.64 Å². The monoisotopic (exact) mass is 520 g/mol. The number of fused-ring (bicyclic) bond motifs is 1. The smallest absolute Gasteiger partial charge is 0.246 e. The molecule has 6 nitrogen and oxygen atoms in total. The number of allylic oxidation sites excluding steroid dienone is 2. The van der Waals surface area contributed by atoms with Gasteiger partial charge in [0, 0.05) is 36.3 Å². The van der Waals surface area contributed by atoms with E-state index < -0.39 is 0 Å². The standard InChI is InChI=1S/C33H36N4O2/c1-2-29(25-12-6-5-7-13-25)33(26-15-17-30-28(22-26)24-35-36-30)27-16-18-31(34-23-27)39-21-11-4-3-8-14-32(38)37-19-9-10-20-37/h5-8,12-18,22-24H,2-4,9-11,19-21H2,1H3,(H,35,36)/b14-8+,33-29-. The number of hydrogen-bond acceptors (Lipinski definition) is 4. The van der Waals surface area contributed by atoms with E-state index in [0.717, 1.165) is 73.6 Å². The molecule has 0 atom stereocenters. The number of hydrogen-bond donors (Lipinski definition) is 1. The van der Waals surface area contributed by atoms with E-state index in [2.05, 4.69) is 70.6 Å². The topological polar surface area (TPSA) is 71.1 Å². The van der Waals surface area contributed by atoms with Crippen LogP contribution < -0.4 is 4.74 Å². The minimum absolute atomic E-state index is 0.143. The van der Waals surface area contributed by atoms with E-state index >= 15 is 0 Å². The highest BCUT2D eigenvalue weighted by atomic mass is 16.5. The predicted molar refractivity (Wildman–Crippen MR) is 157 cm³/mol. The molecule has 6 heteroatoms. The van der Waals surface area contributed by atoms with Crippen LogP contribution >= 0.6 is 0 Å². The summed E-state index contributed by atoms with van der Waals surface area (Å²) in [6, 6.07) is 21.0. The zero-order chi connectivity index (χ0) is 26.9. The van der Waals surface area contributed by atoms with Crippen LogP contribution in [-0.4, -0.2) is 45.7 Å². The first-order valence-electron chi connectivity index (χ1n) is 14.0. The van der Waals surface area contributed by atoms with Crippen LogP contribution in [0.5, 0.6) is 5.88 Å². The molecule has 0 unspecified atom stereocenters. The van der Waals surface area contributed by atoms with Gasteiger partial charge in [-0.2, -0.15) is 5.10 Å². The van der Waals surface area contributed by atoms with Crippen LogP contribution in [-0.2, 0) is 4.79 Å². The van der Waals surface area contributed by atoms with Crippen molar-refractivity contribution < 1.29 is 9.53 Å². The Kier molecular flexibility index (Phi) is 8.84. The molecule has 1 N–H and O–H groups in total. The van der Waals surface area contributed by atoms with E-state index in [4.69, 9.17) is 4.74 Å². The van der Waals surface area contributed by atoms with Crippen molar-refractivity contribution >= 4 is 28.0 Å². The van der Waals surface area contributed by atoms with Crippen LogP contribution in [0.25, 0.3) is 22.0 Å². The van der Waals surface area contributed by atoms with Crippen molar-refractivity contribution in [2.45, 2.75) is 45.4 Å². The van der Waals surface area contributed by atoms with Crippen molar-refractivity contribution in [3.63, 3.8) is 0 Å². The zero-order valence-electron chi connectivity index (χ0n) is 22.6. The van der Waals surface area contributed by atoms with Gasteiger partial charge in [0.05, 0.1) is 18.3 Å². The molecule has 4 aromatic rings. The quantitative estimate of drug-likeness (QED) is 0.131. The summed E-state index contributed by atoms with van der Waals surface area (Å²) in [6.07, 6.45) is 13.4. The lowest BCUT2D eigenvalue weighted by atomic mass is 9.88. The van der Waals surface area contributed by atoms with Crippen LogP contribution in [0.2, 0.25) is 0 Å². The number of likely N-dealkylation sites (tertiary alicyclic amines) is 1. The van der Waals surface area contributed by atoms with Crippen molar-refractivity contribution in [3.05, 3.63) is 102 Å². The van der Waals surface area contributed by atoms with Crippen LogP contribution in [0.1, 0.15) is 62.1 Å². The first kappa shape index (κ1) is 26.4. The van der Waals surface area contributed by atoms with E-state index in [1.54, 1.807) is 6.08 Å². The minimum atomic E-state index is 0.143. The SMILES string of the molecule is CC/C(=C(/c1ccc(OCCCC/C=C/C(=O)N2CCCC2)nc1)c1ccc2[nH]ncc2c1)c1ccccc1. The molecule has 200 valence electrons. The van der Waals surface area contributed by atoms with Crippen molar-refractivity contribution in [1.82, 2.24) is 20.1 Å². The van der Waals surface area contributed by atoms with Gasteiger partial charge in [-0.3, -0.25) is 9.89 Å². The van der Waals surface area contributed by atoms with Crippen molar-refractivity contribution in [3.8, 4) is 5.88 Å². The molecule has 1 saturated heterocycles. The summed E-state index contributed by atoms with van der Waals surface area (Å²) in [5.41, 5.74) is 6.85. The van der Waals surface area contributed by atoms with Gasteiger partial charge in [-0.05, 0) is 85.1 Å². The Morgan fingerprint density at radius 3 is 2.56 bits per heavy atom. The number of rotatable bonds is 11. The minimum Gasteiger partial charge on any atom is -0.478 e. The van der Waals surface area contributed by atoms with Gasteiger partial charge in [-0.1, -0.05) is 49.4 Å². The first-order valence-corrected chi connectivity index (χ1v) is 14.0. The number of nitrogens with one attached hydrogen (secondary N) is 1. The molecule has 1 aliphatic rings. The van der Waals surface area contributed by atoms with E-state index in [9.17, 15) is 4.79 Å². The molecule has 0 saturated carbocycles. The third kappa shape index (κ3) is 6.63. The van der Waals surface area contributed by atoms with Crippen molar-refractivity contribution in [2.75, 3.05) is 19.7 Å². The van der Waals surface area contributed by atoms with Gasteiger partial charge in [0.15, 0.2) is 0 Å². The lowest BCUT2D eigenvalue weighted by Gasteiger charge is -2.16. The number of aromatic amines is 1. The van der Waals surface area contributed by atoms with Crippen molar-refractivity contribution in [1.29, 1.82) is 0 Å². The summed E-state index contributed by atoms with van der Waals surface area (Å²) in [4.78, 5) is 18.6. The number of nitrogens with zero attached hydrogens (tertiary/aromatic N) is 3. The predicted octanol–water partition coefficient (Wildman–Crippen LogP) is 7.05. The molecule has 0 radical (unpaired) electrons. The maximum Gasteiger partial charge on any atom is 0.246 e. The Morgan fingerprint density at radius 1 is 0.974 bits per heavy atom. The number of carbonyl (C=O) groups excluding carboxylic acids is 1. The second-order valence-corrected chi connectivity index (χ2v) is 9.91. The molecular weight excluding hydrogens is 484 g/mol. The molecule has 1 aliphatic heterocycles. The number of carbonyl (C=O) groups is 1. The molecule has 0 aliphatic carbocycles. The molecule has 2 aromatic heterocycles.